The molecular formula is C26H29N3O3. The van der Waals surface area contributed by atoms with Gasteiger partial charge in [0.05, 0.1) is 6.20 Å². The van der Waals surface area contributed by atoms with Crippen LogP contribution in [0.25, 0.3) is 11.0 Å². The van der Waals surface area contributed by atoms with E-state index in [1.54, 1.807) is 25.4 Å². The molecule has 1 saturated carbocycles. The van der Waals surface area contributed by atoms with Gasteiger partial charge in [-0.15, -0.1) is 0 Å². The van der Waals surface area contributed by atoms with Gasteiger partial charge in [0.15, 0.2) is 11.3 Å². The van der Waals surface area contributed by atoms with Crippen LogP contribution in [0.4, 0.5) is 0 Å². The summed E-state index contributed by atoms with van der Waals surface area (Å²) in [6, 6.07) is 12.0. The van der Waals surface area contributed by atoms with E-state index >= 15 is 0 Å². The summed E-state index contributed by atoms with van der Waals surface area (Å²) in [5.74, 6) is 0.959. The van der Waals surface area contributed by atoms with Crippen LogP contribution in [0.15, 0.2) is 53.2 Å². The Labute approximate surface area is 188 Å². The molecule has 1 aromatic carbocycles. The smallest absolute Gasteiger partial charge is 0.287 e. The molecule has 1 atom stereocenters. The molecule has 3 heterocycles. The van der Waals surface area contributed by atoms with E-state index in [4.69, 9.17) is 4.42 Å². The van der Waals surface area contributed by atoms with Gasteiger partial charge in [0, 0.05) is 31.1 Å². The van der Waals surface area contributed by atoms with E-state index in [1.807, 2.05) is 12.1 Å². The number of piperidine rings is 1. The number of nitrogens with one attached hydrogen (secondary N) is 1. The van der Waals surface area contributed by atoms with Gasteiger partial charge in [-0.05, 0) is 73.9 Å². The van der Waals surface area contributed by atoms with Crippen molar-refractivity contribution in [2.24, 2.45) is 11.3 Å². The number of nitrogens with zero attached hydrogens (tertiary/aromatic N) is 2. The minimum absolute atomic E-state index is 0.147. The molecule has 166 valence electrons. The van der Waals surface area contributed by atoms with E-state index < -0.39 is 0 Å². The number of carbonyl (C=O) groups is 2. The topological polar surface area (TPSA) is 75.4 Å². The lowest BCUT2D eigenvalue weighted by molar-refractivity contribution is -0.116. The Morgan fingerprint density at radius 2 is 2.00 bits per heavy atom. The van der Waals surface area contributed by atoms with Crippen LogP contribution < -0.4 is 5.32 Å². The normalized spacial score (nSPS) is 19.8. The lowest BCUT2D eigenvalue weighted by Crippen LogP contribution is -2.36. The standard InChI is InChI=1S/C26H29N3O3/c1-18(30)11-19-3-2-4-20(12-19)17-29-9-6-26(7-10-29)14-22(26)15-28-25(31)23-13-21-5-8-27-16-24(21)32-23/h2-5,8,12-13,16,22H,6-7,9-11,14-15,17H2,1H3,(H,28,31). The first-order valence-corrected chi connectivity index (χ1v) is 11.4. The monoisotopic (exact) mass is 431 g/mol. The molecule has 0 radical (unpaired) electrons. The lowest BCUT2D eigenvalue weighted by Gasteiger charge is -2.33. The summed E-state index contributed by atoms with van der Waals surface area (Å²) in [4.78, 5) is 30.4. The molecule has 0 bridgehead atoms. The molecule has 1 N–H and O–H groups in total. The first kappa shape index (κ1) is 20.9. The second-order valence-corrected chi connectivity index (χ2v) is 9.47. The maximum absolute atomic E-state index is 12.5. The van der Waals surface area contributed by atoms with Crippen LogP contribution in [-0.4, -0.2) is 41.2 Å². The molecule has 1 unspecified atom stereocenters. The fraction of sp³-hybridized carbons (Fsp3) is 0.423. The number of amides is 1. The van der Waals surface area contributed by atoms with Crippen molar-refractivity contribution >= 4 is 22.7 Å². The third-order valence-corrected chi connectivity index (χ3v) is 7.12. The van der Waals surface area contributed by atoms with Gasteiger partial charge in [0.2, 0.25) is 0 Å². The molecule has 1 saturated heterocycles. The van der Waals surface area contributed by atoms with Crippen molar-refractivity contribution in [3.05, 3.63) is 65.7 Å². The second kappa shape index (κ2) is 8.51. The van der Waals surface area contributed by atoms with Gasteiger partial charge < -0.3 is 9.73 Å². The van der Waals surface area contributed by atoms with Gasteiger partial charge in [-0.25, -0.2) is 0 Å². The Bertz CT molecular complexity index is 1110. The largest absolute Gasteiger partial charge is 0.449 e. The number of likely N-dealkylation sites (tertiary alicyclic amines) is 1. The molecule has 32 heavy (non-hydrogen) atoms. The van der Waals surface area contributed by atoms with Crippen LogP contribution in [-0.2, 0) is 17.8 Å². The Hall–Kier alpha value is -2.99. The highest BCUT2D eigenvalue weighted by Gasteiger charge is 2.54. The zero-order valence-corrected chi connectivity index (χ0v) is 18.5. The molecule has 1 aliphatic heterocycles. The summed E-state index contributed by atoms with van der Waals surface area (Å²) < 4.78 is 5.62. The van der Waals surface area contributed by atoms with E-state index in [-0.39, 0.29) is 11.7 Å². The molecule has 3 aromatic rings. The van der Waals surface area contributed by atoms with E-state index in [0.29, 0.717) is 35.6 Å². The van der Waals surface area contributed by atoms with Gasteiger partial charge in [0.25, 0.3) is 5.91 Å². The number of carbonyl (C=O) groups excluding carboxylic acids is 2. The van der Waals surface area contributed by atoms with E-state index in [9.17, 15) is 9.59 Å². The number of benzene rings is 1. The highest BCUT2D eigenvalue weighted by atomic mass is 16.3. The number of ketones is 1. The van der Waals surface area contributed by atoms with Gasteiger partial charge >= 0.3 is 0 Å². The molecule has 1 spiro atoms. The molecule has 1 aliphatic carbocycles. The Balaban J connectivity index is 1.10. The molecule has 2 aromatic heterocycles. The maximum Gasteiger partial charge on any atom is 0.287 e. The highest BCUT2D eigenvalue weighted by molar-refractivity contribution is 5.95. The predicted octanol–water partition coefficient (Wildman–Crippen LogP) is 3.99. The molecule has 1 amide bonds. The molecule has 5 rings (SSSR count). The van der Waals surface area contributed by atoms with Crippen molar-refractivity contribution in [3.63, 3.8) is 0 Å². The highest BCUT2D eigenvalue weighted by Crippen LogP contribution is 2.59. The number of pyridine rings is 1. The van der Waals surface area contributed by atoms with E-state index in [0.717, 1.165) is 30.6 Å². The van der Waals surface area contributed by atoms with Crippen LogP contribution in [0.2, 0.25) is 0 Å². The molecule has 6 nitrogen and oxygen atoms in total. The average Bonchev–Trinajstić information content (AvgIpc) is 3.25. The van der Waals surface area contributed by atoms with Gasteiger partial charge in [-0.2, -0.15) is 0 Å². The van der Waals surface area contributed by atoms with Crippen LogP contribution >= 0.6 is 0 Å². The Kier molecular flexibility index (Phi) is 5.55. The van der Waals surface area contributed by atoms with Gasteiger partial charge in [-0.3, -0.25) is 19.5 Å². The van der Waals surface area contributed by atoms with E-state index in [2.05, 4.69) is 33.4 Å². The zero-order chi connectivity index (χ0) is 22.1. The first-order chi connectivity index (χ1) is 15.5. The summed E-state index contributed by atoms with van der Waals surface area (Å²) in [6.07, 6.45) is 7.39. The number of hydrogen-bond acceptors (Lipinski definition) is 5. The average molecular weight is 432 g/mol. The number of hydrogen-bond donors (Lipinski definition) is 1. The maximum atomic E-state index is 12.5. The summed E-state index contributed by atoms with van der Waals surface area (Å²) in [5, 5.41) is 3.97. The zero-order valence-electron chi connectivity index (χ0n) is 18.5. The van der Waals surface area contributed by atoms with Crippen molar-refractivity contribution in [1.29, 1.82) is 0 Å². The number of aromatic nitrogens is 1. The van der Waals surface area contributed by atoms with Crippen LogP contribution in [0.3, 0.4) is 0 Å². The number of rotatable bonds is 7. The summed E-state index contributed by atoms with van der Waals surface area (Å²) in [6.45, 7) is 5.45. The van der Waals surface area contributed by atoms with Crippen molar-refractivity contribution in [2.75, 3.05) is 19.6 Å². The summed E-state index contributed by atoms with van der Waals surface area (Å²) in [7, 11) is 0. The fourth-order valence-corrected chi connectivity index (χ4v) is 5.17. The number of furan rings is 1. The summed E-state index contributed by atoms with van der Waals surface area (Å²) in [5.41, 5.74) is 3.40. The predicted molar refractivity (Wildman–Crippen MR) is 122 cm³/mol. The van der Waals surface area contributed by atoms with Crippen molar-refractivity contribution in [3.8, 4) is 0 Å². The third kappa shape index (κ3) is 4.46. The number of Topliss-reactive ketones (excluding diaryl/α,β-unsaturated/α-hetero) is 1. The Morgan fingerprint density at radius 1 is 1.19 bits per heavy atom. The minimum Gasteiger partial charge on any atom is -0.449 e. The van der Waals surface area contributed by atoms with Gasteiger partial charge in [-0.1, -0.05) is 24.3 Å². The first-order valence-electron chi connectivity index (χ1n) is 11.4. The molecule has 2 aliphatic rings. The Morgan fingerprint density at radius 3 is 2.78 bits per heavy atom. The lowest BCUT2D eigenvalue weighted by atomic mass is 9.90. The molecule has 2 fully saturated rings. The minimum atomic E-state index is -0.147. The van der Waals surface area contributed by atoms with Crippen LogP contribution in [0, 0.1) is 11.3 Å². The second-order valence-electron chi connectivity index (χ2n) is 9.47. The van der Waals surface area contributed by atoms with E-state index in [1.165, 1.54) is 24.8 Å². The van der Waals surface area contributed by atoms with Crippen LogP contribution in [0.1, 0.15) is 47.9 Å². The fourth-order valence-electron chi connectivity index (χ4n) is 5.17. The number of fused-ring (bicyclic) bond motifs is 1. The molecule has 6 heteroatoms. The summed E-state index contributed by atoms with van der Waals surface area (Å²) >= 11 is 0. The van der Waals surface area contributed by atoms with Crippen LogP contribution in [0.5, 0.6) is 0 Å². The third-order valence-electron chi connectivity index (χ3n) is 7.12. The quantitative estimate of drug-likeness (QED) is 0.612. The van der Waals surface area contributed by atoms with Crippen molar-refractivity contribution in [1.82, 2.24) is 15.2 Å². The van der Waals surface area contributed by atoms with Crippen molar-refractivity contribution in [2.45, 2.75) is 39.2 Å². The SMILES string of the molecule is CC(=O)Cc1cccc(CN2CCC3(CC2)CC3CNC(=O)c2cc3ccncc3o2)c1. The van der Waals surface area contributed by atoms with Crippen molar-refractivity contribution < 1.29 is 14.0 Å². The van der Waals surface area contributed by atoms with Gasteiger partial charge in [0.1, 0.15) is 5.78 Å². The molecular weight excluding hydrogens is 402 g/mol.